The van der Waals surface area contributed by atoms with E-state index in [4.69, 9.17) is 6.42 Å². The molecule has 0 aromatic rings. The monoisotopic (exact) mass is 101 g/mol. The maximum Gasteiger partial charge on any atom is 0.137 e. The molecule has 0 unspecified atom stereocenters. The highest BCUT2D eigenvalue weighted by Gasteiger charge is 1.94. The summed E-state index contributed by atoms with van der Waals surface area (Å²) in [5.74, 6) is 2.50. The molecule has 0 saturated heterocycles. The lowest BCUT2D eigenvalue weighted by Crippen LogP contribution is -1.72. The van der Waals surface area contributed by atoms with Gasteiger partial charge in [0.1, 0.15) is 17.7 Å². The Morgan fingerprint density at radius 3 is 2.88 bits per heavy atom. The molecule has 0 atom stereocenters. The zero-order chi connectivity index (χ0) is 5.82. The maximum absolute atomic E-state index is 5.08. The summed E-state index contributed by atoms with van der Waals surface area (Å²) in [6, 6.07) is 0. The minimum atomic E-state index is 0.882. The van der Waals surface area contributed by atoms with E-state index < -0.39 is 0 Å². The predicted molar refractivity (Wildman–Crippen MR) is 33.9 cm³/mol. The summed E-state index contributed by atoms with van der Waals surface area (Å²) in [4.78, 5) is 0. The van der Waals surface area contributed by atoms with Gasteiger partial charge in [-0.1, -0.05) is 6.42 Å². The van der Waals surface area contributed by atoms with Crippen LogP contribution in [0.15, 0.2) is 29.9 Å². The summed E-state index contributed by atoms with van der Waals surface area (Å²) in [7, 11) is 0. The van der Waals surface area contributed by atoms with Gasteiger partial charge in [-0.15, -0.1) is 0 Å². The molecule has 0 nitrogen and oxygen atoms in total. The molecule has 0 heterocycles. The zero-order valence-electron chi connectivity index (χ0n) is 4.39. The lowest BCUT2D eigenvalue weighted by molar-refractivity contribution is 1.66. The largest absolute Gasteiger partial charge is 0.137 e. The van der Waals surface area contributed by atoms with E-state index in [0.29, 0.717) is 0 Å². The zero-order valence-corrected chi connectivity index (χ0v) is 4.39. The smallest absolute Gasteiger partial charge is 0.0997 e. The van der Waals surface area contributed by atoms with Crippen molar-refractivity contribution in [3.63, 3.8) is 0 Å². The van der Waals surface area contributed by atoms with Crippen LogP contribution in [-0.2, 0) is 0 Å². The van der Waals surface area contributed by atoms with Crippen LogP contribution in [0, 0.1) is 18.4 Å². The Morgan fingerprint density at radius 2 is 2.50 bits per heavy atom. The Kier molecular flexibility index (Phi) is 1.28. The molecule has 8 heavy (non-hydrogen) atoms. The summed E-state index contributed by atoms with van der Waals surface area (Å²) in [5, 5.41) is 0. The molecule has 1 rings (SSSR count). The fraction of sp³-hybridized carbons (Fsp3) is 0. The molecule has 0 aromatic carbocycles. The average Bonchev–Trinajstić information content (AvgIpc) is 1.90. The molecule has 36 valence electrons. The second-order valence-corrected chi connectivity index (χ2v) is 1.44. The van der Waals surface area contributed by atoms with Gasteiger partial charge in [0.25, 0.3) is 0 Å². The van der Waals surface area contributed by atoms with Crippen molar-refractivity contribution >= 4 is 0 Å². The molecule has 0 heteroatoms. The van der Waals surface area contributed by atoms with E-state index in [1.807, 2.05) is 18.2 Å². The molecule has 1 aliphatic carbocycles. The van der Waals surface area contributed by atoms with Crippen LogP contribution in [0.2, 0.25) is 0 Å². The normalized spacial score (nSPS) is 14.1. The van der Waals surface area contributed by atoms with E-state index in [1.54, 1.807) is 6.08 Å². The van der Waals surface area contributed by atoms with Gasteiger partial charge in [-0.25, -0.2) is 0 Å². The highest BCUT2D eigenvalue weighted by Crippen LogP contribution is 1.99. The minimum Gasteiger partial charge on any atom is -0.0997 e. The minimum absolute atomic E-state index is 0.882. The first-order valence-electron chi connectivity index (χ1n) is 2.36. The van der Waals surface area contributed by atoms with Crippen molar-refractivity contribution in [1.29, 1.82) is 0 Å². The molecule has 0 spiro atoms. The summed E-state index contributed by atoms with van der Waals surface area (Å²) in [6.07, 6.45) is 15.3. The molecule has 0 aromatic heterocycles. The lowest BCUT2D eigenvalue weighted by atomic mass is 10.2. The predicted octanol–water partition coefficient (Wildman–Crippen LogP) is 1.48. The van der Waals surface area contributed by atoms with Crippen LogP contribution in [0.1, 0.15) is 0 Å². The fourth-order valence-electron chi connectivity index (χ4n) is 0.483. The Balaban J connectivity index is 2.88. The van der Waals surface area contributed by atoms with Gasteiger partial charge in [0.05, 0.1) is 6.08 Å². The van der Waals surface area contributed by atoms with Crippen molar-refractivity contribution in [3.05, 3.63) is 36.0 Å². The molecule has 0 aliphatic heterocycles. The number of terminal acetylenes is 1. The third kappa shape index (κ3) is 0.846. The van der Waals surface area contributed by atoms with Gasteiger partial charge in [-0.2, -0.15) is 0 Å². The first kappa shape index (κ1) is 4.84. The van der Waals surface area contributed by atoms with Crippen LogP contribution >= 0.6 is 0 Å². The number of hydrogen-bond acceptors (Lipinski definition) is 0. The lowest BCUT2D eigenvalue weighted by Gasteiger charge is -1.77. The van der Waals surface area contributed by atoms with Crippen LogP contribution in [0.5, 0.6) is 0 Å². The van der Waals surface area contributed by atoms with Crippen LogP contribution in [0.3, 0.4) is 0 Å². The van der Waals surface area contributed by atoms with Crippen molar-refractivity contribution in [3.8, 4) is 12.3 Å². The van der Waals surface area contributed by atoms with Crippen molar-refractivity contribution < 1.29 is 0 Å². The third-order valence-electron chi connectivity index (χ3n) is 0.874. The SMILES string of the molecule is C#CC1=CC=C[C+]=C1. The first-order valence-corrected chi connectivity index (χ1v) is 2.36. The van der Waals surface area contributed by atoms with Gasteiger partial charge in [0, 0.05) is 18.1 Å². The summed E-state index contributed by atoms with van der Waals surface area (Å²) < 4.78 is 0. The van der Waals surface area contributed by atoms with E-state index in [2.05, 4.69) is 12.0 Å². The van der Waals surface area contributed by atoms with Gasteiger partial charge >= 0.3 is 0 Å². The Labute approximate surface area is 49.2 Å². The second-order valence-electron chi connectivity index (χ2n) is 1.44. The van der Waals surface area contributed by atoms with E-state index in [0.717, 1.165) is 5.57 Å². The number of hydrogen-bond donors (Lipinski definition) is 0. The van der Waals surface area contributed by atoms with Gasteiger partial charge in [-0.3, -0.25) is 0 Å². The topological polar surface area (TPSA) is 0 Å². The molecule has 0 amide bonds. The van der Waals surface area contributed by atoms with E-state index in [9.17, 15) is 0 Å². The van der Waals surface area contributed by atoms with Crippen LogP contribution in [0.25, 0.3) is 0 Å². The molecule has 0 bridgehead atoms. The summed E-state index contributed by atoms with van der Waals surface area (Å²) in [6.45, 7) is 0. The van der Waals surface area contributed by atoms with Gasteiger partial charge < -0.3 is 0 Å². The highest BCUT2D eigenvalue weighted by atomic mass is 13.9. The molecular weight excluding hydrogens is 96.1 g/mol. The van der Waals surface area contributed by atoms with Crippen LogP contribution in [-0.4, -0.2) is 0 Å². The highest BCUT2D eigenvalue weighted by molar-refractivity contribution is 5.41. The summed E-state index contributed by atoms with van der Waals surface area (Å²) >= 11 is 0. The molecule has 0 radical (unpaired) electrons. The van der Waals surface area contributed by atoms with E-state index in [-0.39, 0.29) is 0 Å². The van der Waals surface area contributed by atoms with Crippen molar-refractivity contribution in [2.45, 2.75) is 0 Å². The average molecular weight is 101 g/mol. The molecule has 0 fully saturated rings. The van der Waals surface area contributed by atoms with Crippen molar-refractivity contribution in [2.75, 3.05) is 0 Å². The molecular formula is C8H5+. The standard InChI is InChI=1S/C8H5/c1-2-8-6-4-3-5-7-8/h1,3-4,6-7H/q+1. The Bertz CT molecular complexity index is 197. The quantitative estimate of drug-likeness (QED) is 0.320. The fourth-order valence-corrected chi connectivity index (χ4v) is 0.483. The van der Waals surface area contributed by atoms with Crippen molar-refractivity contribution in [1.82, 2.24) is 0 Å². The molecule has 1 aliphatic rings. The molecule has 0 N–H and O–H groups in total. The Morgan fingerprint density at radius 1 is 1.62 bits per heavy atom. The van der Waals surface area contributed by atoms with Crippen LogP contribution in [0.4, 0.5) is 0 Å². The first-order chi connectivity index (χ1) is 3.93. The third-order valence-corrected chi connectivity index (χ3v) is 0.874. The van der Waals surface area contributed by atoms with E-state index in [1.165, 1.54) is 0 Å². The number of allylic oxidation sites excluding steroid dienone is 6. The number of rotatable bonds is 0. The van der Waals surface area contributed by atoms with Crippen molar-refractivity contribution in [2.24, 2.45) is 0 Å². The Hall–Kier alpha value is -1.31. The maximum atomic E-state index is 5.08. The van der Waals surface area contributed by atoms with Gasteiger partial charge in [-0.05, 0) is 0 Å². The van der Waals surface area contributed by atoms with Crippen LogP contribution < -0.4 is 0 Å². The van der Waals surface area contributed by atoms with Gasteiger partial charge in [0.2, 0.25) is 0 Å². The second kappa shape index (κ2) is 2.12. The van der Waals surface area contributed by atoms with E-state index >= 15 is 0 Å². The molecule has 0 saturated carbocycles. The van der Waals surface area contributed by atoms with Gasteiger partial charge in [0.15, 0.2) is 0 Å². The summed E-state index contributed by atoms with van der Waals surface area (Å²) in [5.41, 5.74) is 0.882.